The molecule has 0 fully saturated rings. The number of carbonyl (C=O) groups excluding carboxylic acids is 2. The van der Waals surface area contributed by atoms with Crippen LogP contribution in [0.3, 0.4) is 0 Å². The summed E-state index contributed by atoms with van der Waals surface area (Å²) in [6.07, 6.45) is -5.24. The van der Waals surface area contributed by atoms with Crippen molar-refractivity contribution < 1.29 is 46.1 Å². The lowest BCUT2D eigenvalue weighted by Crippen LogP contribution is -2.48. The minimum absolute atomic E-state index is 0.0338. The Hall–Kier alpha value is -4.10. The Labute approximate surface area is 227 Å². The van der Waals surface area contributed by atoms with Crippen LogP contribution in [0.1, 0.15) is 33.1 Å². The van der Waals surface area contributed by atoms with E-state index in [0.717, 1.165) is 24.3 Å². The van der Waals surface area contributed by atoms with Crippen LogP contribution in [0, 0.1) is 11.6 Å². The van der Waals surface area contributed by atoms with Gasteiger partial charge in [-0.25, -0.2) is 13.6 Å². The molecule has 8 nitrogen and oxygen atoms in total. The van der Waals surface area contributed by atoms with Crippen LogP contribution < -0.4 is 25.0 Å². The lowest BCUT2D eigenvalue weighted by atomic mass is 9.95. The third-order valence-electron chi connectivity index (χ3n) is 6.97. The summed E-state index contributed by atoms with van der Waals surface area (Å²) >= 11 is 6.30. The van der Waals surface area contributed by atoms with Gasteiger partial charge in [0, 0.05) is 27.8 Å². The number of nitrogens with zero attached hydrogens (tertiary/aromatic N) is 1. The van der Waals surface area contributed by atoms with Gasteiger partial charge in [-0.15, -0.1) is 0 Å². The first-order valence-electron chi connectivity index (χ1n) is 11.8. The summed E-state index contributed by atoms with van der Waals surface area (Å²) in [7, 11) is 0. The molecule has 0 saturated heterocycles. The molecule has 3 N–H and O–H groups in total. The zero-order valence-corrected chi connectivity index (χ0v) is 20.8. The predicted octanol–water partition coefficient (Wildman–Crippen LogP) is 5.02. The molecular formula is C26H17ClF5N3O5. The Bertz CT molecular complexity index is 1600. The number of anilines is 2. The van der Waals surface area contributed by atoms with Gasteiger partial charge >= 0.3 is 12.2 Å². The number of alkyl halides is 3. The van der Waals surface area contributed by atoms with Gasteiger partial charge in [0.1, 0.15) is 24.8 Å². The molecule has 0 aromatic heterocycles. The number of carbonyl (C=O) groups is 2. The first-order valence-corrected chi connectivity index (χ1v) is 12.2. The summed E-state index contributed by atoms with van der Waals surface area (Å²) in [5, 5.41) is 15.8. The van der Waals surface area contributed by atoms with E-state index < -0.39 is 53.5 Å². The van der Waals surface area contributed by atoms with Crippen molar-refractivity contribution in [3.05, 3.63) is 81.4 Å². The van der Waals surface area contributed by atoms with Crippen LogP contribution in [0.5, 0.6) is 11.5 Å². The Morgan fingerprint density at radius 3 is 2.55 bits per heavy atom. The molecule has 3 aromatic rings. The van der Waals surface area contributed by atoms with Crippen LogP contribution in [0.2, 0.25) is 5.02 Å². The highest BCUT2D eigenvalue weighted by molar-refractivity contribution is 6.31. The van der Waals surface area contributed by atoms with Gasteiger partial charge in [0.2, 0.25) is 5.60 Å². The molecule has 40 heavy (non-hydrogen) atoms. The van der Waals surface area contributed by atoms with Crippen LogP contribution in [0.4, 0.5) is 38.1 Å². The van der Waals surface area contributed by atoms with Crippen molar-refractivity contribution >= 4 is 34.9 Å². The van der Waals surface area contributed by atoms with Gasteiger partial charge in [0.05, 0.1) is 29.5 Å². The van der Waals surface area contributed by atoms with E-state index >= 15 is 0 Å². The monoisotopic (exact) mass is 581 g/mol. The molecule has 0 aliphatic carbocycles. The Morgan fingerprint density at radius 1 is 1.10 bits per heavy atom. The van der Waals surface area contributed by atoms with Crippen molar-refractivity contribution in [3.8, 4) is 11.5 Å². The van der Waals surface area contributed by atoms with Crippen molar-refractivity contribution in [1.82, 2.24) is 5.32 Å². The van der Waals surface area contributed by atoms with Gasteiger partial charge in [0.25, 0.3) is 5.91 Å². The fourth-order valence-electron chi connectivity index (χ4n) is 5.15. The van der Waals surface area contributed by atoms with Gasteiger partial charge < -0.3 is 25.2 Å². The fourth-order valence-corrected chi connectivity index (χ4v) is 5.38. The molecule has 3 aliphatic rings. The third-order valence-corrected chi connectivity index (χ3v) is 7.32. The molecule has 0 bridgehead atoms. The van der Waals surface area contributed by atoms with Crippen molar-refractivity contribution in [1.29, 1.82) is 0 Å². The van der Waals surface area contributed by atoms with E-state index in [1.807, 2.05) is 0 Å². The van der Waals surface area contributed by atoms with Crippen molar-refractivity contribution in [2.75, 3.05) is 30.0 Å². The molecule has 3 amide bonds. The summed E-state index contributed by atoms with van der Waals surface area (Å²) in [6, 6.07) is 4.93. The number of aliphatic hydroxyl groups is 1. The molecule has 2 atom stereocenters. The lowest BCUT2D eigenvalue weighted by Gasteiger charge is -2.27. The largest absolute Gasteiger partial charge is 0.486 e. The van der Waals surface area contributed by atoms with Crippen LogP contribution >= 0.6 is 11.6 Å². The van der Waals surface area contributed by atoms with Gasteiger partial charge in [-0.3, -0.25) is 9.69 Å². The summed E-state index contributed by atoms with van der Waals surface area (Å²) < 4.78 is 81.0. The molecule has 14 heteroatoms. The van der Waals surface area contributed by atoms with Crippen molar-refractivity contribution in [2.24, 2.45) is 0 Å². The average molecular weight is 582 g/mol. The first kappa shape index (κ1) is 26.1. The van der Waals surface area contributed by atoms with E-state index in [9.17, 15) is 36.6 Å². The minimum atomic E-state index is -5.24. The number of β-amino-alcohol motifs (C(OH)–C–C–N with tert-alkyl or cyclic N) is 1. The van der Waals surface area contributed by atoms with Crippen molar-refractivity contribution in [3.63, 3.8) is 0 Å². The molecule has 3 aliphatic heterocycles. The molecule has 0 saturated carbocycles. The Balaban J connectivity index is 1.46. The number of nitrogens with one attached hydrogen (secondary N) is 2. The third kappa shape index (κ3) is 3.91. The molecule has 2 unspecified atom stereocenters. The molecule has 0 radical (unpaired) electrons. The Morgan fingerprint density at radius 2 is 1.80 bits per heavy atom. The number of amides is 3. The summed E-state index contributed by atoms with van der Waals surface area (Å²) in [6.45, 7) is -1.03. The predicted molar refractivity (Wildman–Crippen MR) is 131 cm³/mol. The number of benzene rings is 3. The van der Waals surface area contributed by atoms with E-state index in [0.29, 0.717) is 11.0 Å². The molecule has 0 spiro atoms. The second-order valence-corrected chi connectivity index (χ2v) is 9.75. The van der Waals surface area contributed by atoms with Gasteiger partial charge in [-0.1, -0.05) is 11.6 Å². The SMILES string of the molecule is O=C1NC(c2cc(F)ccc2Cl)c2c(NC(=O)N3CC(O)(C(F)(F)F)c4cc(F)ccc43)cc3c(c21)OCCO3. The topological polar surface area (TPSA) is 100 Å². The maximum atomic E-state index is 14.2. The maximum absolute atomic E-state index is 14.2. The number of hydrogen-bond donors (Lipinski definition) is 3. The zero-order valence-electron chi connectivity index (χ0n) is 20.0. The molecule has 208 valence electrons. The van der Waals surface area contributed by atoms with Gasteiger partial charge in [-0.2, -0.15) is 13.2 Å². The van der Waals surface area contributed by atoms with Crippen molar-refractivity contribution in [2.45, 2.75) is 17.8 Å². The molecule has 6 rings (SSSR count). The van der Waals surface area contributed by atoms with Crippen LogP contribution in [-0.2, 0) is 5.60 Å². The average Bonchev–Trinajstić information content (AvgIpc) is 3.41. The second-order valence-electron chi connectivity index (χ2n) is 9.35. The highest BCUT2D eigenvalue weighted by atomic mass is 35.5. The normalized spacial score (nSPS) is 21.1. The highest BCUT2D eigenvalue weighted by Gasteiger charge is 2.61. The lowest BCUT2D eigenvalue weighted by molar-refractivity contribution is -0.258. The van der Waals surface area contributed by atoms with Crippen LogP contribution in [0.15, 0.2) is 42.5 Å². The first-order chi connectivity index (χ1) is 18.9. The summed E-state index contributed by atoms with van der Waals surface area (Å²) in [5.74, 6) is -2.19. The fraction of sp³-hybridized carbons (Fsp3) is 0.231. The second kappa shape index (κ2) is 8.96. The molecule has 3 heterocycles. The molecular weight excluding hydrogens is 565 g/mol. The number of fused-ring (bicyclic) bond motifs is 4. The summed E-state index contributed by atoms with van der Waals surface area (Å²) in [4.78, 5) is 27.2. The van der Waals surface area contributed by atoms with Gasteiger partial charge in [-0.05, 0) is 36.4 Å². The number of hydrogen-bond acceptors (Lipinski definition) is 5. The number of ether oxygens (including phenoxy) is 2. The highest BCUT2D eigenvalue weighted by Crippen LogP contribution is 2.50. The van der Waals surface area contributed by atoms with E-state index in [-0.39, 0.29) is 57.8 Å². The van der Waals surface area contributed by atoms with Gasteiger partial charge in [0.15, 0.2) is 11.5 Å². The number of halogens is 6. The van der Waals surface area contributed by atoms with Crippen LogP contribution in [-0.4, -0.2) is 43.0 Å². The standard InChI is InChI=1S/C26H17ClF5N3O5/c27-15-3-1-11(28)7-13(15)21-19-16(9-18-22(40-6-5-39-18)20(19)23(36)34-21)33-24(37)35-10-25(38,26(30,31)32)14-8-12(29)2-4-17(14)35/h1-4,7-9,21,38H,5-6,10H2,(H,33,37)(H,34,36). The number of rotatable bonds is 2. The van der Waals surface area contributed by atoms with E-state index in [2.05, 4.69) is 10.6 Å². The van der Waals surface area contributed by atoms with E-state index in [4.69, 9.17) is 21.1 Å². The zero-order chi connectivity index (χ0) is 28.6. The smallest absolute Gasteiger partial charge is 0.423 e. The minimum Gasteiger partial charge on any atom is -0.486 e. The maximum Gasteiger partial charge on any atom is 0.423 e. The quantitative estimate of drug-likeness (QED) is 0.369. The Kier molecular flexibility index (Phi) is 5.86. The van der Waals surface area contributed by atoms with E-state index in [1.54, 1.807) is 0 Å². The molecule has 3 aromatic carbocycles. The number of urea groups is 1. The van der Waals surface area contributed by atoms with Crippen LogP contribution in [0.25, 0.3) is 0 Å². The van der Waals surface area contributed by atoms with E-state index in [1.165, 1.54) is 12.1 Å². The summed E-state index contributed by atoms with van der Waals surface area (Å²) in [5.41, 5.74) is -4.58.